The molecule has 0 bridgehead atoms. The molecule has 0 atom stereocenters. The molecule has 57 heavy (non-hydrogen) atoms. The third kappa shape index (κ3) is 9.43. The minimum atomic E-state index is -3.80. The van der Waals surface area contributed by atoms with E-state index in [2.05, 4.69) is 31.9 Å². The van der Waals surface area contributed by atoms with Crippen molar-refractivity contribution in [1.82, 2.24) is 0 Å². The monoisotopic (exact) mass is 924 g/mol. The largest absolute Gasteiger partial charge is 0.457 e. The molecule has 0 aliphatic heterocycles. The van der Waals surface area contributed by atoms with Crippen LogP contribution in [0, 0.1) is 20.8 Å². The second kappa shape index (κ2) is 16.6. The highest BCUT2D eigenvalue weighted by Crippen LogP contribution is 2.34. The summed E-state index contributed by atoms with van der Waals surface area (Å²) in [5.41, 5.74) is 2.74. The van der Waals surface area contributed by atoms with E-state index in [1.54, 1.807) is 54.6 Å². The predicted octanol–water partition coefficient (Wildman–Crippen LogP) is 13.0. The van der Waals surface area contributed by atoms with Crippen molar-refractivity contribution in [3.63, 3.8) is 0 Å². The van der Waals surface area contributed by atoms with E-state index in [4.69, 9.17) is 18.9 Å². The van der Waals surface area contributed by atoms with E-state index in [1.165, 1.54) is 48.5 Å². The molecule has 0 fully saturated rings. The van der Waals surface area contributed by atoms with Gasteiger partial charge in [-0.05, 0) is 183 Å². The number of benzene rings is 7. The van der Waals surface area contributed by atoms with Crippen molar-refractivity contribution in [2.45, 2.75) is 40.4 Å². The van der Waals surface area contributed by atoms with Gasteiger partial charge in [-0.2, -0.15) is 0 Å². The average molecular weight is 927 g/mol. The highest BCUT2D eigenvalue weighted by Gasteiger charge is 2.20. The van der Waals surface area contributed by atoms with Crippen LogP contribution >= 0.6 is 31.9 Å². The molecule has 7 rings (SSSR count). The van der Waals surface area contributed by atoms with Gasteiger partial charge in [0.2, 0.25) is 19.7 Å². The Morgan fingerprint density at radius 3 is 0.947 bits per heavy atom. The molecule has 0 N–H and O–H groups in total. The number of halogens is 2. The van der Waals surface area contributed by atoms with E-state index >= 15 is 0 Å². The van der Waals surface area contributed by atoms with Crippen LogP contribution in [-0.2, 0) is 19.7 Å². The Hall–Kier alpha value is -5.40. The van der Waals surface area contributed by atoms with Crippen molar-refractivity contribution in [2.75, 3.05) is 0 Å². The second-order valence-electron chi connectivity index (χ2n) is 13.1. The highest BCUT2D eigenvalue weighted by molar-refractivity contribution is 9.10. The molecule has 288 valence electrons. The van der Waals surface area contributed by atoms with Crippen LogP contribution in [0.5, 0.6) is 46.0 Å². The van der Waals surface area contributed by atoms with Gasteiger partial charge in [0.15, 0.2) is 0 Å². The van der Waals surface area contributed by atoms with Gasteiger partial charge in [-0.15, -0.1) is 0 Å². The molecule has 8 nitrogen and oxygen atoms in total. The molecule has 0 saturated carbocycles. The number of hydrogen-bond donors (Lipinski definition) is 0. The maximum atomic E-state index is 13.4. The summed E-state index contributed by atoms with van der Waals surface area (Å²) in [5.74, 6) is 4.19. The maximum absolute atomic E-state index is 13.4. The molecular weight excluding hydrogens is 892 g/mol. The summed E-state index contributed by atoms with van der Waals surface area (Å²) in [4.78, 5) is 0.497. The standard InChI is InChI=1S/C45H34Br2O8S2/c1-29-24-38(52-34-6-14-40(15-7-34)56(48,49)42-18-10-36(11-19-42)54-44-22-4-32(46)26-30(44)2)28-39(25-29)53-35-8-16-41(17-9-35)57(50,51)43-20-12-37(13-21-43)55-45-23-5-33(47)27-31(45)3/h4-28H,1-3H3. The lowest BCUT2D eigenvalue weighted by atomic mass is 10.2. The molecular formula is C45H34Br2O8S2. The normalized spacial score (nSPS) is 11.5. The number of rotatable bonds is 12. The zero-order valence-corrected chi connectivity index (χ0v) is 35.6. The molecule has 0 amide bonds. The summed E-state index contributed by atoms with van der Waals surface area (Å²) in [6.45, 7) is 5.75. The van der Waals surface area contributed by atoms with Crippen molar-refractivity contribution in [3.8, 4) is 46.0 Å². The molecule has 7 aromatic rings. The zero-order valence-electron chi connectivity index (χ0n) is 30.8. The second-order valence-corrected chi connectivity index (χ2v) is 18.8. The Kier molecular flexibility index (Phi) is 11.6. The summed E-state index contributed by atoms with van der Waals surface area (Å²) >= 11 is 6.88. The Morgan fingerprint density at radius 2 is 0.649 bits per heavy atom. The average Bonchev–Trinajstić information content (AvgIpc) is 3.18. The molecule has 0 aliphatic carbocycles. The molecule has 0 saturated heterocycles. The number of aryl methyl sites for hydroxylation is 3. The van der Waals surface area contributed by atoms with Crippen molar-refractivity contribution in [2.24, 2.45) is 0 Å². The lowest BCUT2D eigenvalue weighted by Crippen LogP contribution is -2.02. The van der Waals surface area contributed by atoms with Crippen LogP contribution in [0.15, 0.2) is 180 Å². The van der Waals surface area contributed by atoms with E-state index in [9.17, 15) is 16.8 Å². The first-order chi connectivity index (χ1) is 27.2. The van der Waals surface area contributed by atoms with Gasteiger partial charge in [-0.1, -0.05) is 31.9 Å². The van der Waals surface area contributed by atoms with Gasteiger partial charge in [0.25, 0.3) is 0 Å². The molecule has 7 aromatic carbocycles. The van der Waals surface area contributed by atoms with E-state index < -0.39 is 19.7 Å². The highest BCUT2D eigenvalue weighted by atomic mass is 79.9. The van der Waals surface area contributed by atoms with Crippen molar-refractivity contribution < 1.29 is 35.8 Å². The summed E-state index contributed by atoms with van der Waals surface area (Å²) in [6, 6.07) is 41.6. The van der Waals surface area contributed by atoms with Crippen LogP contribution in [0.4, 0.5) is 0 Å². The van der Waals surface area contributed by atoms with Crippen LogP contribution in [0.25, 0.3) is 0 Å². The molecule has 0 heterocycles. The molecule has 12 heteroatoms. The summed E-state index contributed by atoms with van der Waals surface area (Å²) < 4.78 is 79.6. The van der Waals surface area contributed by atoms with E-state index in [-0.39, 0.29) is 19.6 Å². The Labute approximate surface area is 348 Å². The molecule has 0 aliphatic rings. The fourth-order valence-electron chi connectivity index (χ4n) is 5.83. The minimum Gasteiger partial charge on any atom is -0.457 e. The van der Waals surface area contributed by atoms with Crippen molar-refractivity contribution in [1.29, 1.82) is 0 Å². The smallest absolute Gasteiger partial charge is 0.206 e. The van der Waals surface area contributed by atoms with Gasteiger partial charge < -0.3 is 18.9 Å². The van der Waals surface area contributed by atoms with E-state index in [0.717, 1.165) is 25.6 Å². The predicted molar refractivity (Wildman–Crippen MR) is 226 cm³/mol. The quantitative estimate of drug-likeness (QED) is 0.119. The fourth-order valence-corrected chi connectivity index (χ4v) is 9.31. The molecule has 0 aromatic heterocycles. The first-order valence-electron chi connectivity index (χ1n) is 17.5. The Balaban J connectivity index is 0.983. The number of sulfone groups is 2. The fraction of sp³-hybridized carbons (Fsp3) is 0.0667. The van der Waals surface area contributed by atoms with Gasteiger partial charge in [-0.25, -0.2) is 16.8 Å². The maximum Gasteiger partial charge on any atom is 0.206 e. The van der Waals surface area contributed by atoms with Gasteiger partial charge in [0.1, 0.15) is 46.0 Å². The van der Waals surface area contributed by atoms with Crippen molar-refractivity contribution in [3.05, 3.63) is 177 Å². The minimum absolute atomic E-state index is 0.115. The Morgan fingerprint density at radius 1 is 0.351 bits per heavy atom. The lowest BCUT2D eigenvalue weighted by molar-refractivity contribution is 0.459. The third-order valence-electron chi connectivity index (χ3n) is 8.76. The van der Waals surface area contributed by atoms with Crippen LogP contribution in [-0.4, -0.2) is 16.8 Å². The van der Waals surface area contributed by atoms with Crippen LogP contribution in [0.1, 0.15) is 16.7 Å². The van der Waals surface area contributed by atoms with Gasteiger partial charge in [0, 0.05) is 15.0 Å². The molecule has 0 spiro atoms. The molecule has 0 radical (unpaired) electrons. The number of ether oxygens (including phenoxy) is 4. The summed E-state index contributed by atoms with van der Waals surface area (Å²) in [5, 5.41) is 0. The van der Waals surface area contributed by atoms with Crippen LogP contribution in [0.2, 0.25) is 0 Å². The summed E-state index contributed by atoms with van der Waals surface area (Å²) in [6.07, 6.45) is 0. The lowest BCUT2D eigenvalue weighted by Gasteiger charge is -2.12. The topological polar surface area (TPSA) is 105 Å². The third-order valence-corrected chi connectivity index (χ3v) is 13.3. The van der Waals surface area contributed by atoms with Crippen molar-refractivity contribution >= 4 is 51.5 Å². The van der Waals surface area contributed by atoms with Gasteiger partial charge in [0.05, 0.1) is 19.6 Å². The molecule has 0 unspecified atom stereocenters. The van der Waals surface area contributed by atoms with Crippen LogP contribution in [0.3, 0.4) is 0 Å². The summed E-state index contributed by atoms with van der Waals surface area (Å²) in [7, 11) is -7.61. The van der Waals surface area contributed by atoms with Gasteiger partial charge >= 0.3 is 0 Å². The SMILES string of the molecule is Cc1cc(Oc2ccc(S(=O)(=O)c3ccc(Oc4ccc(Br)cc4C)cc3)cc2)cc(Oc2ccc(S(=O)(=O)c3ccc(Oc4ccc(Br)cc4C)cc3)cc2)c1. The van der Waals surface area contributed by atoms with Crippen LogP contribution < -0.4 is 18.9 Å². The zero-order chi connectivity index (χ0) is 40.3. The van der Waals surface area contributed by atoms with E-state index in [0.29, 0.717) is 46.0 Å². The van der Waals surface area contributed by atoms with E-state index in [1.807, 2.05) is 69.3 Å². The number of hydrogen-bond acceptors (Lipinski definition) is 8. The van der Waals surface area contributed by atoms with Gasteiger partial charge in [-0.3, -0.25) is 0 Å². The first-order valence-corrected chi connectivity index (χ1v) is 22.0. The first kappa shape index (κ1) is 39.8. The Bertz CT molecular complexity index is 2600.